The Kier molecular flexibility index (Phi) is 7.83. The number of benzene rings is 2. The number of nitrogens with zero attached hydrogens (tertiary/aromatic N) is 5. The molecule has 8 nitrogen and oxygen atoms in total. The smallest absolute Gasteiger partial charge is 0.322 e. The molecule has 1 N–H and O–H groups in total. The molecule has 2 aromatic carbocycles. The van der Waals surface area contributed by atoms with Crippen molar-refractivity contribution in [2.45, 2.75) is 38.3 Å². The van der Waals surface area contributed by atoms with Crippen molar-refractivity contribution < 1.29 is 13.9 Å². The predicted octanol–water partition coefficient (Wildman–Crippen LogP) is 6.28. The van der Waals surface area contributed by atoms with Crippen molar-refractivity contribution in [1.29, 1.82) is 0 Å². The monoisotopic (exact) mass is 534 g/mol. The fourth-order valence-electron chi connectivity index (χ4n) is 4.77. The molecule has 38 heavy (non-hydrogen) atoms. The average molecular weight is 535 g/mol. The summed E-state index contributed by atoms with van der Waals surface area (Å²) in [6, 6.07) is 14.9. The van der Waals surface area contributed by atoms with Crippen molar-refractivity contribution in [3.63, 3.8) is 0 Å². The molecule has 2 heterocycles. The van der Waals surface area contributed by atoms with Crippen LogP contribution >= 0.6 is 11.6 Å². The molecule has 2 aromatic heterocycles. The zero-order valence-corrected chi connectivity index (χ0v) is 21.7. The Hall–Kier alpha value is -3.98. The Labute approximate surface area is 225 Å². The molecule has 4 aromatic rings. The zero-order valence-electron chi connectivity index (χ0n) is 21.0. The summed E-state index contributed by atoms with van der Waals surface area (Å²) in [4.78, 5) is 24.1. The molecule has 1 aliphatic carbocycles. The lowest BCUT2D eigenvalue weighted by Gasteiger charge is -2.29. The van der Waals surface area contributed by atoms with Crippen LogP contribution in [0.3, 0.4) is 0 Å². The number of urea groups is 1. The van der Waals surface area contributed by atoms with Crippen LogP contribution in [0, 0.1) is 5.82 Å². The Bertz CT molecular complexity index is 1410. The number of methoxy groups -OCH3 is 1. The quantitative estimate of drug-likeness (QED) is 0.287. The van der Waals surface area contributed by atoms with E-state index in [-0.39, 0.29) is 12.1 Å². The standard InChI is InChI=1S/C28H28ClFN6O2/c1-38-25-10-9-20(17-24(25)29)27-33-26(19-11-13-31-14-12-19)34-36(27)16-15-35(23-7-2-3-8-23)28(37)32-22-6-4-5-21(30)18-22/h4-6,9-14,17-18,23H,2-3,7-8,15-16H2,1H3,(H,32,37). The summed E-state index contributed by atoms with van der Waals surface area (Å²) in [6.45, 7) is 0.811. The number of anilines is 1. The minimum absolute atomic E-state index is 0.102. The fraction of sp³-hybridized carbons (Fsp3) is 0.286. The van der Waals surface area contributed by atoms with E-state index in [1.54, 1.807) is 48.5 Å². The van der Waals surface area contributed by atoms with Crippen LogP contribution in [0.2, 0.25) is 5.02 Å². The molecule has 0 bridgehead atoms. The molecule has 0 aliphatic heterocycles. The molecule has 0 atom stereocenters. The number of ether oxygens (including phenoxy) is 1. The second kappa shape index (κ2) is 11.6. The van der Waals surface area contributed by atoms with Crippen LogP contribution in [-0.2, 0) is 6.54 Å². The van der Waals surface area contributed by atoms with Gasteiger partial charge in [-0.05, 0) is 61.4 Å². The van der Waals surface area contributed by atoms with Crippen molar-refractivity contribution in [3.05, 3.63) is 77.8 Å². The Balaban J connectivity index is 1.44. The molecular formula is C28H28ClFN6O2. The van der Waals surface area contributed by atoms with E-state index in [1.807, 2.05) is 23.1 Å². The Morgan fingerprint density at radius 3 is 2.63 bits per heavy atom. The van der Waals surface area contributed by atoms with E-state index in [9.17, 15) is 9.18 Å². The van der Waals surface area contributed by atoms with Crippen molar-refractivity contribution in [1.82, 2.24) is 24.6 Å². The number of amides is 2. The van der Waals surface area contributed by atoms with Gasteiger partial charge in [-0.2, -0.15) is 5.10 Å². The van der Waals surface area contributed by atoms with E-state index < -0.39 is 5.82 Å². The van der Waals surface area contributed by atoms with E-state index in [0.29, 0.717) is 41.2 Å². The first-order chi connectivity index (χ1) is 18.5. The largest absolute Gasteiger partial charge is 0.495 e. The van der Waals surface area contributed by atoms with Crippen LogP contribution in [0.1, 0.15) is 25.7 Å². The normalized spacial score (nSPS) is 13.4. The van der Waals surface area contributed by atoms with Gasteiger partial charge in [0.1, 0.15) is 11.6 Å². The molecule has 0 unspecified atom stereocenters. The molecule has 2 amide bonds. The van der Waals surface area contributed by atoms with E-state index in [1.165, 1.54) is 12.1 Å². The number of nitrogens with one attached hydrogen (secondary N) is 1. The van der Waals surface area contributed by atoms with Gasteiger partial charge in [0, 0.05) is 41.8 Å². The van der Waals surface area contributed by atoms with E-state index in [4.69, 9.17) is 26.4 Å². The highest BCUT2D eigenvalue weighted by Crippen LogP contribution is 2.31. The van der Waals surface area contributed by atoms with Gasteiger partial charge in [-0.25, -0.2) is 18.9 Å². The molecule has 196 valence electrons. The summed E-state index contributed by atoms with van der Waals surface area (Å²) in [6.07, 6.45) is 7.38. The SMILES string of the molecule is COc1ccc(-c2nc(-c3ccncc3)nn2CCN(C(=O)Nc2cccc(F)c2)C2CCCC2)cc1Cl. The van der Waals surface area contributed by atoms with Crippen LogP contribution in [0.5, 0.6) is 5.75 Å². The van der Waals surface area contributed by atoms with Gasteiger partial charge < -0.3 is 15.0 Å². The van der Waals surface area contributed by atoms with Crippen LogP contribution in [0.25, 0.3) is 22.8 Å². The zero-order chi connectivity index (χ0) is 26.5. The number of hydrogen-bond donors (Lipinski definition) is 1. The number of aromatic nitrogens is 4. The van der Waals surface area contributed by atoms with Gasteiger partial charge in [0.15, 0.2) is 11.6 Å². The van der Waals surface area contributed by atoms with Crippen molar-refractivity contribution in [3.8, 4) is 28.5 Å². The molecule has 10 heteroatoms. The summed E-state index contributed by atoms with van der Waals surface area (Å²) in [5.74, 6) is 1.34. The van der Waals surface area contributed by atoms with Gasteiger partial charge in [-0.1, -0.05) is 30.5 Å². The molecule has 0 radical (unpaired) electrons. The van der Waals surface area contributed by atoms with Gasteiger partial charge in [-0.15, -0.1) is 0 Å². The maximum Gasteiger partial charge on any atom is 0.322 e. The second-order valence-corrected chi connectivity index (χ2v) is 9.55. The predicted molar refractivity (Wildman–Crippen MR) is 145 cm³/mol. The fourth-order valence-corrected chi connectivity index (χ4v) is 5.03. The molecule has 0 saturated heterocycles. The molecule has 1 saturated carbocycles. The van der Waals surface area contributed by atoms with E-state index >= 15 is 0 Å². The maximum atomic E-state index is 13.7. The lowest BCUT2D eigenvalue weighted by Crippen LogP contribution is -2.43. The van der Waals surface area contributed by atoms with Gasteiger partial charge in [0.05, 0.1) is 18.7 Å². The first kappa shape index (κ1) is 25.7. The lowest BCUT2D eigenvalue weighted by atomic mass is 10.2. The number of carbonyl (C=O) groups excluding carboxylic acids is 1. The minimum atomic E-state index is -0.399. The first-order valence-electron chi connectivity index (χ1n) is 12.5. The molecular weight excluding hydrogens is 507 g/mol. The van der Waals surface area contributed by atoms with Gasteiger partial charge in [0.25, 0.3) is 0 Å². The van der Waals surface area contributed by atoms with Crippen LogP contribution in [0.15, 0.2) is 67.0 Å². The molecule has 1 fully saturated rings. The summed E-state index contributed by atoms with van der Waals surface area (Å²) >= 11 is 6.42. The minimum Gasteiger partial charge on any atom is -0.495 e. The highest BCUT2D eigenvalue weighted by molar-refractivity contribution is 6.32. The van der Waals surface area contributed by atoms with Crippen molar-refractivity contribution in [2.24, 2.45) is 0 Å². The third kappa shape index (κ3) is 5.78. The third-order valence-electron chi connectivity index (χ3n) is 6.68. The topological polar surface area (TPSA) is 85.2 Å². The van der Waals surface area contributed by atoms with Crippen molar-refractivity contribution in [2.75, 3.05) is 19.0 Å². The summed E-state index contributed by atoms with van der Waals surface area (Å²) < 4.78 is 20.8. The number of rotatable bonds is 8. The Morgan fingerprint density at radius 2 is 1.92 bits per heavy atom. The highest BCUT2D eigenvalue weighted by atomic mass is 35.5. The summed E-state index contributed by atoms with van der Waals surface area (Å²) in [7, 11) is 1.57. The number of carbonyl (C=O) groups is 1. The third-order valence-corrected chi connectivity index (χ3v) is 6.97. The molecule has 5 rings (SSSR count). The lowest BCUT2D eigenvalue weighted by molar-refractivity contribution is 0.184. The van der Waals surface area contributed by atoms with Crippen LogP contribution in [-0.4, -0.2) is 50.4 Å². The first-order valence-corrected chi connectivity index (χ1v) is 12.9. The number of pyridine rings is 1. The van der Waals surface area contributed by atoms with Gasteiger partial charge >= 0.3 is 6.03 Å². The van der Waals surface area contributed by atoms with E-state index in [0.717, 1.165) is 36.8 Å². The molecule has 0 spiro atoms. The average Bonchev–Trinajstić information content (AvgIpc) is 3.60. The van der Waals surface area contributed by atoms with Gasteiger partial charge in [0.2, 0.25) is 0 Å². The highest BCUT2D eigenvalue weighted by Gasteiger charge is 2.27. The molecule has 1 aliphatic rings. The maximum absolute atomic E-state index is 13.7. The second-order valence-electron chi connectivity index (χ2n) is 9.14. The van der Waals surface area contributed by atoms with Crippen LogP contribution in [0.4, 0.5) is 14.9 Å². The van der Waals surface area contributed by atoms with Gasteiger partial charge in [-0.3, -0.25) is 4.98 Å². The van der Waals surface area contributed by atoms with Crippen LogP contribution < -0.4 is 10.1 Å². The Morgan fingerprint density at radius 1 is 1.13 bits per heavy atom. The van der Waals surface area contributed by atoms with Crippen molar-refractivity contribution >= 4 is 23.3 Å². The number of hydrogen-bond acceptors (Lipinski definition) is 5. The summed E-state index contributed by atoms with van der Waals surface area (Å²) in [5, 5.41) is 8.10. The van der Waals surface area contributed by atoms with E-state index in [2.05, 4.69) is 10.3 Å². The summed E-state index contributed by atoms with van der Waals surface area (Å²) in [5.41, 5.74) is 2.03. The number of halogens is 2.